The first kappa shape index (κ1) is 23.8. The van der Waals surface area contributed by atoms with Gasteiger partial charge in [-0.25, -0.2) is 0 Å². The van der Waals surface area contributed by atoms with E-state index in [9.17, 15) is 4.79 Å². The number of anilines is 1. The number of carbonyl (C=O) groups excluding carboxylic acids is 1. The SMILES string of the molecule is CC.CC.CC.CCc1ccccc1N1CCN(C(C)=O)CC1. The summed E-state index contributed by atoms with van der Waals surface area (Å²) in [7, 11) is 0. The third-order valence-corrected chi connectivity index (χ3v) is 3.44. The van der Waals surface area contributed by atoms with Crippen molar-refractivity contribution in [1.82, 2.24) is 4.90 Å². The monoisotopic (exact) mass is 322 g/mol. The largest absolute Gasteiger partial charge is 0.368 e. The third-order valence-electron chi connectivity index (χ3n) is 3.44. The summed E-state index contributed by atoms with van der Waals surface area (Å²) >= 11 is 0. The van der Waals surface area contributed by atoms with Crippen LogP contribution in [0.25, 0.3) is 0 Å². The molecule has 0 saturated carbocycles. The van der Waals surface area contributed by atoms with Crippen LogP contribution in [0.2, 0.25) is 0 Å². The fourth-order valence-electron chi connectivity index (χ4n) is 2.38. The Morgan fingerprint density at radius 3 is 1.83 bits per heavy atom. The Balaban J connectivity index is 0. The highest BCUT2D eigenvalue weighted by atomic mass is 16.2. The van der Waals surface area contributed by atoms with E-state index in [1.165, 1.54) is 11.3 Å². The maximum atomic E-state index is 11.3. The summed E-state index contributed by atoms with van der Waals surface area (Å²) in [5, 5.41) is 0. The van der Waals surface area contributed by atoms with Crippen LogP contribution in [0.4, 0.5) is 5.69 Å². The molecule has 2 rings (SSSR count). The van der Waals surface area contributed by atoms with Gasteiger partial charge in [0.05, 0.1) is 0 Å². The van der Waals surface area contributed by atoms with E-state index in [-0.39, 0.29) is 5.91 Å². The summed E-state index contributed by atoms with van der Waals surface area (Å²) in [5.74, 6) is 0.188. The molecule has 1 saturated heterocycles. The van der Waals surface area contributed by atoms with Crippen molar-refractivity contribution in [2.45, 2.75) is 61.8 Å². The summed E-state index contributed by atoms with van der Waals surface area (Å²) in [6, 6.07) is 8.55. The Kier molecular flexibility index (Phi) is 15.9. The maximum absolute atomic E-state index is 11.3. The smallest absolute Gasteiger partial charge is 0.219 e. The lowest BCUT2D eigenvalue weighted by Crippen LogP contribution is -2.48. The van der Waals surface area contributed by atoms with Crippen molar-refractivity contribution in [3.63, 3.8) is 0 Å². The molecule has 0 unspecified atom stereocenters. The number of amides is 1. The number of piperazine rings is 1. The Bertz CT molecular complexity index is 396. The predicted octanol–water partition coefficient (Wildman–Crippen LogP) is 5.00. The van der Waals surface area contributed by atoms with E-state index in [1.807, 2.05) is 46.4 Å². The van der Waals surface area contributed by atoms with Crippen molar-refractivity contribution in [2.75, 3.05) is 31.1 Å². The highest BCUT2D eigenvalue weighted by Crippen LogP contribution is 2.22. The van der Waals surface area contributed by atoms with E-state index in [0.717, 1.165) is 32.6 Å². The van der Waals surface area contributed by atoms with Gasteiger partial charge in [0.2, 0.25) is 5.91 Å². The van der Waals surface area contributed by atoms with Crippen LogP contribution in [0, 0.1) is 0 Å². The zero-order valence-corrected chi connectivity index (χ0v) is 16.6. The second-order valence-corrected chi connectivity index (χ2v) is 4.48. The molecule has 1 heterocycles. The normalized spacial score (nSPS) is 12.7. The second-order valence-electron chi connectivity index (χ2n) is 4.48. The van der Waals surface area contributed by atoms with E-state index >= 15 is 0 Å². The number of hydrogen-bond acceptors (Lipinski definition) is 2. The van der Waals surface area contributed by atoms with Gasteiger partial charge in [-0.2, -0.15) is 0 Å². The molecule has 1 fully saturated rings. The number of rotatable bonds is 2. The summed E-state index contributed by atoms with van der Waals surface area (Å²) < 4.78 is 0. The van der Waals surface area contributed by atoms with Gasteiger partial charge in [0.25, 0.3) is 0 Å². The first-order valence-corrected chi connectivity index (χ1v) is 9.30. The molecule has 0 bridgehead atoms. The minimum atomic E-state index is 0.188. The molecule has 134 valence electrons. The van der Waals surface area contributed by atoms with Crippen LogP contribution < -0.4 is 4.90 Å². The lowest BCUT2D eigenvalue weighted by Gasteiger charge is -2.36. The van der Waals surface area contributed by atoms with Crippen LogP contribution in [0.5, 0.6) is 0 Å². The van der Waals surface area contributed by atoms with Gasteiger partial charge in [0, 0.05) is 38.8 Å². The maximum Gasteiger partial charge on any atom is 0.219 e. The van der Waals surface area contributed by atoms with E-state index in [0.29, 0.717) is 0 Å². The topological polar surface area (TPSA) is 23.6 Å². The minimum absolute atomic E-state index is 0.188. The van der Waals surface area contributed by atoms with Crippen LogP contribution in [-0.2, 0) is 11.2 Å². The molecule has 0 atom stereocenters. The summed E-state index contributed by atoms with van der Waals surface area (Å²) in [6.45, 7) is 19.4. The molecule has 1 aliphatic heterocycles. The average molecular weight is 323 g/mol. The zero-order valence-electron chi connectivity index (χ0n) is 16.6. The second kappa shape index (κ2) is 15.4. The van der Waals surface area contributed by atoms with Crippen LogP contribution in [-0.4, -0.2) is 37.0 Å². The van der Waals surface area contributed by atoms with Gasteiger partial charge in [-0.15, -0.1) is 0 Å². The van der Waals surface area contributed by atoms with Crippen molar-refractivity contribution in [1.29, 1.82) is 0 Å². The third kappa shape index (κ3) is 8.06. The van der Waals surface area contributed by atoms with Gasteiger partial charge in [-0.05, 0) is 18.1 Å². The highest BCUT2D eigenvalue weighted by molar-refractivity contribution is 5.73. The van der Waals surface area contributed by atoms with Gasteiger partial charge in [-0.1, -0.05) is 66.7 Å². The number of hydrogen-bond donors (Lipinski definition) is 0. The van der Waals surface area contributed by atoms with Crippen molar-refractivity contribution in [3.8, 4) is 0 Å². The highest BCUT2D eigenvalue weighted by Gasteiger charge is 2.19. The lowest BCUT2D eigenvalue weighted by molar-refractivity contribution is -0.129. The molecule has 1 aromatic carbocycles. The summed E-state index contributed by atoms with van der Waals surface area (Å²) in [5.41, 5.74) is 2.72. The molecule has 1 aliphatic rings. The Morgan fingerprint density at radius 1 is 0.913 bits per heavy atom. The van der Waals surface area contributed by atoms with Gasteiger partial charge >= 0.3 is 0 Å². The lowest BCUT2D eigenvalue weighted by atomic mass is 10.1. The fourth-order valence-corrected chi connectivity index (χ4v) is 2.38. The summed E-state index contributed by atoms with van der Waals surface area (Å²) in [4.78, 5) is 15.6. The number of nitrogens with zero attached hydrogens (tertiary/aromatic N) is 2. The first-order chi connectivity index (χ1) is 11.2. The fraction of sp³-hybridized carbons (Fsp3) is 0.650. The molecule has 3 nitrogen and oxygen atoms in total. The molecule has 0 N–H and O–H groups in total. The van der Waals surface area contributed by atoms with E-state index in [4.69, 9.17) is 0 Å². The molecule has 3 heteroatoms. The average Bonchev–Trinajstić information content (AvgIpc) is 2.66. The number of aryl methyl sites for hydroxylation is 1. The number of para-hydroxylation sites is 1. The quantitative estimate of drug-likeness (QED) is 0.765. The van der Waals surface area contributed by atoms with Gasteiger partial charge in [0.15, 0.2) is 0 Å². The Morgan fingerprint density at radius 2 is 1.39 bits per heavy atom. The zero-order chi connectivity index (χ0) is 18.3. The van der Waals surface area contributed by atoms with Crippen LogP contribution in [0.1, 0.15) is 61.0 Å². The number of benzene rings is 1. The van der Waals surface area contributed by atoms with Gasteiger partial charge in [0.1, 0.15) is 0 Å². The van der Waals surface area contributed by atoms with E-state index < -0.39 is 0 Å². The molecule has 1 aromatic rings. The Labute approximate surface area is 144 Å². The Hall–Kier alpha value is -1.51. The van der Waals surface area contributed by atoms with Crippen molar-refractivity contribution in [2.24, 2.45) is 0 Å². The van der Waals surface area contributed by atoms with Gasteiger partial charge < -0.3 is 9.80 Å². The van der Waals surface area contributed by atoms with Crippen LogP contribution in [0.15, 0.2) is 24.3 Å². The molecule has 0 radical (unpaired) electrons. The first-order valence-electron chi connectivity index (χ1n) is 9.30. The van der Waals surface area contributed by atoms with Crippen molar-refractivity contribution >= 4 is 11.6 Å². The minimum Gasteiger partial charge on any atom is -0.368 e. The molecule has 1 amide bonds. The predicted molar refractivity (Wildman–Crippen MR) is 104 cm³/mol. The molecule has 0 aromatic heterocycles. The molecule has 0 spiro atoms. The molecular weight excluding hydrogens is 284 g/mol. The van der Waals surface area contributed by atoms with Crippen LogP contribution >= 0.6 is 0 Å². The van der Waals surface area contributed by atoms with Crippen molar-refractivity contribution < 1.29 is 4.79 Å². The molecule has 0 aliphatic carbocycles. The van der Waals surface area contributed by atoms with E-state index in [2.05, 4.69) is 36.1 Å². The standard InChI is InChI=1S/C14H20N2O.3C2H6/c1-3-13-6-4-5-7-14(13)16-10-8-15(9-11-16)12(2)17;3*1-2/h4-7H,3,8-11H2,1-2H3;3*1-2H3. The number of carbonyl (C=O) groups is 1. The van der Waals surface area contributed by atoms with Gasteiger partial charge in [-0.3, -0.25) is 4.79 Å². The van der Waals surface area contributed by atoms with E-state index in [1.54, 1.807) is 6.92 Å². The van der Waals surface area contributed by atoms with Crippen molar-refractivity contribution in [3.05, 3.63) is 29.8 Å². The summed E-state index contributed by atoms with van der Waals surface area (Å²) in [6.07, 6.45) is 1.06. The van der Waals surface area contributed by atoms with Crippen LogP contribution in [0.3, 0.4) is 0 Å². The molecular formula is C20H38N2O. The molecule has 23 heavy (non-hydrogen) atoms.